The lowest BCUT2D eigenvalue weighted by atomic mass is 10.1. The van der Waals surface area contributed by atoms with Crippen LogP contribution >= 0.6 is 0 Å². The molecule has 1 aromatic heterocycles. The molecule has 7 nitrogen and oxygen atoms in total. The first-order valence-electron chi connectivity index (χ1n) is 11.5. The number of likely N-dealkylation sites (tertiary alicyclic amines) is 1. The van der Waals surface area contributed by atoms with Crippen molar-refractivity contribution in [2.24, 2.45) is 0 Å². The molecule has 0 spiro atoms. The number of ether oxygens (including phenoxy) is 2. The van der Waals surface area contributed by atoms with Crippen LogP contribution in [-0.2, 0) is 6.18 Å². The van der Waals surface area contributed by atoms with Gasteiger partial charge in [-0.05, 0) is 50.6 Å². The van der Waals surface area contributed by atoms with Crippen molar-refractivity contribution in [2.75, 3.05) is 38.7 Å². The number of hydrogen-bond acceptors (Lipinski definition) is 7. The lowest BCUT2D eigenvalue weighted by Crippen LogP contribution is -2.31. The molecule has 1 aliphatic rings. The van der Waals surface area contributed by atoms with Crippen LogP contribution in [0, 0.1) is 11.3 Å². The van der Waals surface area contributed by atoms with Gasteiger partial charge in [-0.25, -0.2) is 9.97 Å². The Morgan fingerprint density at radius 2 is 1.91 bits per heavy atom. The minimum atomic E-state index is -4.72. The molecule has 1 N–H and O–H groups in total. The van der Waals surface area contributed by atoms with E-state index in [9.17, 15) is 13.2 Å². The molecule has 0 unspecified atom stereocenters. The maximum absolute atomic E-state index is 13.7. The van der Waals surface area contributed by atoms with E-state index in [-0.39, 0.29) is 11.5 Å². The van der Waals surface area contributed by atoms with Crippen LogP contribution in [0.4, 0.5) is 24.7 Å². The summed E-state index contributed by atoms with van der Waals surface area (Å²) in [6.07, 6.45) is 1.18. The van der Waals surface area contributed by atoms with Crippen molar-refractivity contribution in [3.63, 3.8) is 0 Å². The van der Waals surface area contributed by atoms with Crippen LogP contribution in [0.25, 0.3) is 10.9 Å². The summed E-state index contributed by atoms with van der Waals surface area (Å²) in [7, 11) is 1.50. The van der Waals surface area contributed by atoms with E-state index >= 15 is 0 Å². The molecule has 184 valence electrons. The van der Waals surface area contributed by atoms with Crippen molar-refractivity contribution >= 4 is 22.4 Å². The van der Waals surface area contributed by atoms with E-state index in [4.69, 9.17) is 14.7 Å². The zero-order valence-electron chi connectivity index (χ0n) is 19.4. The van der Waals surface area contributed by atoms with Gasteiger partial charge in [0.15, 0.2) is 11.5 Å². The topological polar surface area (TPSA) is 83.3 Å². The van der Waals surface area contributed by atoms with E-state index in [2.05, 4.69) is 20.2 Å². The number of rotatable bonds is 8. The molecule has 1 aliphatic heterocycles. The summed E-state index contributed by atoms with van der Waals surface area (Å²) in [5.74, 6) is 1.09. The number of anilines is 2. The highest BCUT2D eigenvalue weighted by Gasteiger charge is 2.36. The van der Waals surface area contributed by atoms with Crippen LogP contribution < -0.4 is 14.8 Å². The van der Waals surface area contributed by atoms with Gasteiger partial charge in [0.25, 0.3) is 0 Å². The average molecular weight is 486 g/mol. The predicted molar refractivity (Wildman–Crippen MR) is 126 cm³/mol. The minimum Gasteiger partial charge on any atom is -0.493 e. The third-order valence-corrected chi connectivity index (χ3v) is 5.97. The molecule has 3 aromatic rings. The largest absolute Gasteiger partial charge is 0.493 e. The fraction of sp³-hybridized carbons (Fsp3) is 0.400. The van der Waals surface area contributed by atoms with Gasteiger partial charge < -0.3 is 19.7 Å². The van der Waals surface area contributed by atoms with E-state index in [1.54, 1.807) is 18.2 Å². The number of hydrogen-bond donors (Lipinski definition) is 1. The van der Waals surface area contributed by atoms with Gasteiger partial charge in [-0.1, -0.05) is 12.5 Å². The molecule has 0 atom stereocenters. The third kappa shape index (κ3) is 5.74. The van der Waals surface area contributed by atoms with Crippen LogP contribution in [-0.4, -0.2) is 48.2 Å². The summed E-state index contributed by atoms with van der Waals surface area (Å²) in [5.41, 5.74) is -1.30. The van der Waals surface area contributed by atoms with Gasteiger partial charge >= 0.3 is 6.18 Å². The Hall–Kier alpha value is -3.58. The third-order valence-electron chi connectivity index (χ3n) is 5.97. The van der Waals surface area contributed by atoms with Crippen LogP contribution in [0.5, 0.6) is 11.5 Å². The molecule has 4 rings (SSSR count). The van der Waals surface area contributed by atoms with Crippen LogP contribution in [0.3, 0.4) is 0 Å². The first-order valence-corrected chi connectivity index (χ1v) is 11.5. The molecular weight excluding hydrogens is 459 g/mol. The number of nitriles is 1. The number of methoxy groups -OCH3 is 1. The highest BCUT2D eigenvalue weighted by molar-refractivity contribution is 5.93. The maximum atomic E-state index is 13.7. The molecule has 0 aliphatic carbocycles. The van der Waals surface area contributed by atoms with E-state index in [1.807, 2.05) is 0 Å². The number of piperidine rings is 1. The molecule has 0 bridgehead atoms. The van der Waals surface area contributed by atoms with Gasteiger partial charge in [0, 0.05) is 18.0 Å². The molecular formula is C25H26F3N5O2. The molecule has 1 fully saturated rings. The molecule has 1 saturated heterocycles. The summed E-state index contributed by atoms with van der Waals surface area (Å²) in [5, 5.41) is 12.4. The lowest BCUT2D eigenvalue weighted by Gasteiger charge is -2.26. The summed E-state index contributed by atoms with van der Waals surface area (Å²) >= 11 is 0. The summed E-state index contributed by atoms with van der Waals surface area (Å²) in [4.78, 5) is 10.8. The number of nitrogens with one attached hydrogen (secondary N) is 1. The molecule has 10 heteroatoms. The van der Waals surface area contributed by atoms with Gasteiger partial charge in [-0.3, -0.25) is 0 Å². The number of aromatic nitrogens is 2. The Morgan fingerprint density at radius 3 is 2.63 bits per heavy atom. The number of halogens is 3. The second kappa shape index (κ2) is 10.8. The fourth-order valence-electron chi connectivity index (χ4n) is 4.27. The number of fused-ring (bicyclic) bond motifs is 1. The number of alkyl halides is 3. The van der Waals surface area contributed by atoms with E-state index < -0.39 is 17.3 Å². The van der Waals surface area contributed by atoms with Gasteiger partial charge in [0.1, 0.15) is 12.1 Å². The van der Waals surface area contributed by atoms with Gasteiger partial charge in [0.05, 0.1) is 42.1 Å². The zero-order chi connectivity index (χ0) is 24.8. The second-order valence-electron chi connectivity index (χ2n) is 8.31. The smallest absolute Gasteiger partial charge is 0.419 e. The Kier molecular flexibility index (Phi) is 7.56. The van der Waals surface area contributed by atoms with Gasteiger partial charge in [-0.15, -0.1) is 0 Å². The molecule has 0 amide bonds. The van der Waals surface area contributed by atoms with Crippen molar-refractivity contribution in [1.29, 1.82) is 5.26 Å². The van der Waals surface area contributed by atoms with Crippen molar-refractivity contribution in [1.82, 2.24) is 14.9 Å². The molecule has 2 heterocycles. The quantitative estimate of drug-likeness (QED) is 0.420. The monoisotopic (exact) mass is 485 g/mol. The van der Waals surface area contributed by atoms with Crippen LogP contribution in [0.1, 0.15) is 36.8 Å². The minimum absolute atomic E-state index is 0.158. The summed E-state index contributed by atoms with van der Waals surface area (Å²) in [6, 6.07) is 8.71. The molecule has 35 heavy (non-hydrogen) atoms. The summed E-state index contributed by atoms with van der Waals surface area (Å²) in [6.45, 7) is 3.72. The normalized spacial score (nSPS) is 14.5. The Balaban J connectivity index is 1.57. The standard InChI is InChI=1S/C25H26F3N5O2/c1-34-21-13-18-20(14-22(21)35-12-6-11-33-9-3-2-4-10-33)30-16-31-24(18)32-19-8-5-7-17(15-29)23(19)25(26,27)28/h5,7-8,13-14,16H,2-4,6,9-12H2,1H3,(H,30,31,32). The molecule has 2 aromatic carbocycles. The van der Waals surface area contributed by atoms with E-state index in [1.165, 1.54) is 44.8 Å². The van der Waals surface area contributed by atoms with Gasteiger partial charge in [-0.2, -0.15) is 18.4 Å². The SMILES string of the molecule is COc1cc2c(Nc3cccc(C#N)c3C(F)(F)F)ncnc2cc1OCCCN1CCCCC1. The Morgan fingerprint density at radius 1 is 1.11 bits per heavy atom. The molecule has 0 radical (unpaired) electrons. The Labute approximate surface area is 201 Å². The first kappa shape index (κ1) is 24.5. The fourth-order valence-corrected chi connectivity index (χ4v) is 4.27. The highest BCUT2D eigenvalue weighted by Crippen LogP contribution is 2.40. The first-order chi connectivity index (χ1) is 16.9. The Bertz CT molecular complexity index is 1220. The average Bonchev–Trinajstić information content (AvgIpc) is 2.86. The second-order valence-corrected chi connectivity index (χ2v) is 8.31. The number of nitrogens with zero attached hydrogens (tertiary/aromatic N) is 4. The van der Waals surface area contributed by atoms with Crippen molar-refractivity contribution in [3.05, 3.63) is 47.8 Å². The molecule has 0 saturated carbocycles. The number of benzene rings is 2. The summed E-state index contributed by atoms with van der Waals surface area (Å²) < 4.78 is 52.5. The predicted octanol–water partition coefficient (Wildman–Crippen LogP) is 5.53. The lowest BCUT2D eigenvalue weighted by molar-refractivity contribution is -0.137. The maximum Gasteiger partial charge on any atom is 0.419 e. The van der Waals surface area contributed by atoms with Crippen molar-refractivity contribution in [2.45, 2.75) is 31.9 Å². The van der Waals surface area contributed by atoms with Crippen molar-refractivity contribution in [3.8, 4) is 17.6 Å². The van der Waals surface area contributed by atoms with E-state index in [0.717, 1.165) is 32.1 Å². The highest BCUT2D eigenvalue weighted by atomic mass is 19.4. The van der Waals surface area contributed by atoms with Crippen molar-refractivity contribution < 1.29 is 22.6 Å². The van der Waals surface area contributed by atoms with Crippen LogP contribution in [0.2, 0.25) is 0 Å². The zero-order valence-corrected chi connectivity index (χ0v) is 19.4. The van der Waals surface area contributed by atoms with Crippen LogP contribution in [0.15, 0.2) is 36.7 Å². The van der Waals surface area contributed by atoms with E-state index in [0.29, 0.717) is 29.0 Å². The van der Waals surface area contributed by atoms with Gasteiger partial charge in [0.2, 0.25) is 0 Å².